The normalized spacial score (nSPS) is 12.2. The van der Waals surface area contributed by atoms with Gasteiger partial charge < -0.3 is 9.88 Å². The Labute approximate surface area is 160 Å². The fourth-order valence-corrected chi connectivity index (χ4v) is 3.11. The second-order valence-electron chi connectivity index (χ2n) is 6.57. The van der Waals surface area contributed by atoms with Gasteiger partial charge in [0.1, 0.15) is 30.7 Å². The van der Waals surface area contributed by atoms with Crippen LogP contribution < -0.4 is 5.32 Å². The van der Waals surface area contributed by atoms with Crippen molar-refractivity contribution >= 4 is 16.9 Å². The Bertz CT molecular complexity index is 1090. The third-order valence-corrected chi connectivity index (χ3v) is 4.58. The zero-order valence-corrected chi connectivity index (χ0v) is 15.3. The minimum atomic E-state index is -0.302. The maximum Gasteiger partial charge on any atom is 0.240 e. The Kier molecular flexibility index (Phi) is 4.84. The molecule has 28 heavy (non-hydrogen) atoms. The molecule has 1 aromatic carbocycles. The molecule has 142 valence electrons. The van der Waals surface area contributed by atoms with Gasteiger partial charge in [-0.3, -0.25) is 4.79 Å². The Morgan fingerprint density at radius 3 is 2.82 bits per heavy atom. The van der Waals surface area contributed by atoms with Crippen LogP contribution in [0.15, 0.2) is 61.3 Å². The van der Waals surface area contributed by atoms with Crippen LogP contribution in [-0.2, 0) is 11.3 Å². The lowest BCUT2D eigenvalue weighted by molar-refractivity contribution is -0.121. The number of pyridine rings is 1. The largest absolute Gasteiger partial charge is 0.352 e. The molecule has 1 atom stereocenters. The molecule has 0 fully saturated rings. The average molecular weight is 378 g/mol. The molecule has 1 unspecified atom stereocenters. The smallest absolute Gasteiger partial charge is 0.240 e. The van der Waals surface area contributed by atoms with Gasteiger partial charge in [0.05, 0.1) is 11.7 Å². The Balaban J connectivity index is 1.57. The van der Waals surface area contributed by atoms with E-state index in [-0.39, 0.29) is 24.3 Å². The molecule has 0 aliphatic rings. The zero-order chi connectivity index (χ0) is 19.5. The lowest BCUT2D eigenvalue weighted by atomic mass is 10.1. The highest BCUT2D eigenvalue weighted by Crippen LogP contribution is 2.27. The molecular weight excluding hydrogens is 359 g/mol. The molecule has 3 aromatic heterocycles. The molecule has 4 aromatic rings. The fraction of sp³-hybridized carbons (Fsp3) is 0.200. The van der Waals surface area contributed by atoms with Crippen molar-refractivity contribution in [2.24, 2.45) is 0 Å². The van der Waals surface area contributed by atoms with E-state index in [0.717, 1.165) is 16.6 Å². The van der Waals surface area contributed by atoms with Crippen molar-refractivity contribution in [1.29, 1.82) is 0 Å². The van der Waals surface area contributed by atoms with Crippen molar-refractivity contribution < 1.29 is 9.18 Å². The van der Waals surface area contributed by atoms with Gasteiger partial charge in [-0.25, -0.2) is 19.0 Å². The summed E-state index contributed by atoms with van der Waals surface area (Å²) in [4.78, 5) is 20.9. The summed E-state index contributed by atoms with van der Waals surface area (Å²) >= 11 is 0. The van der Waals surface area contributed by atoms with Crippen LogP contribution in [0.2, 0.25) is 0 Å². The third-order valence-electron chi connectivity index (χ3n) is 4.58. The first-order valence-electron chi connectivity index (χ1n) is 8.93. The van der Waals surface area contributed by atoms with Gasteiger partial charge in [-0.2, -0.15) is 5.10 Å². The lowest BCUT2D eigenvalue weighted by Gasteiger charge is -2.14. The van der Waals surface area contributed by atoms with Crippen molar-refractivity contribution in [2.75, 3.05) is 6.54 Å². The SMILES string of the molecule is CC(CNC(=O)Cn1c(-c2ccc(F)cc2)cc2cccnc21)n1cncn1. The minimum Gasteiger partial charge on any atom is -0.352 e. The number of halogens is 1. The summed E-state index contributed by atoms with van der Waals surface area (Å²) in [6, 6.07) is 11.9. The monoisotopic (exact) mass is 378 g/mol. The summed E-state index contributed by atoms with van der Waals surface area (Å²) in [6.07, 6.45) is 4.77. The molecule has 0 bridgehead atoms. The Morgan fingerprint density at radius 2 is 2.07 bits per heavy atom. The van der Waals surface area contributed by atoms with Crippen molar-refractivity contribution in [3.63, 3.8) is 0 Å². The van der Waals surface area contributed by atoms with Crippen molar-refractivity contribution in [2.45, 2.75) is 19.5 Å². The molecule has 0 saturated carbocycles. The number of aromatic nitrogens is 5. The van der Waals surface area contributed by atoms with Gasteiger partial charge in [0.2, 0.25) is 5.91 Å². The highest BCUT2D eigenvalue weighted by Gasteiger charge is 2.15. The van der Waals surface area contributed by atoms with Crippen LogP contribution in [0.25, 0.3) is 22.3 Å². The van der Waals surface area contributed by atoms with Gasteiger partial charge in [-0.15, -0.1) is 0 Å². The molecule has 7 nitrogen and oxygen atoms in total. The number of rotatable bonds is 6. The molecule has 4 rings (SSSR count). The summed E-state index contributed by atoms with van der Waals surface area (Å²) < 4.78 is 16.9. The Morgan fingerprint density at radius 1 is 1.25 bits per heavy atom. The van der Waals surface area contributed by atoms with Crippen LogP contribution in [0.1, 0.15) is 13.0 Å². The number of amides is 1. The first-order valence-corrected chi connectivity index (χ1v) is 8.93. The second kappa shape index (κ2) is 7.59. The summed E-state index contributed by atoms with van der Waals surface area (Å²) in [5.74, 6) is -0.442. The summed E-state index contributed by atoms with van der Waals surface area (Å²) in [5.41, 5.74) is 2.35. The van der Waals surface area contributed by atoms with Crippen LogP contribution >= 0.6 is 0 Å². The lowest BCUT2D eigenvalue weighted by Crippen LogP contribution is -2.32. The molecular formula is C20H19FN6O. The van der Waals surface area contributed by atoms with E-state index < -0.39 is 0 Å². The highest BCUT2D eigenvalue weighted by molar-refractivity contribution is 5.87. The van der Waals surface area contributed by atoms with Crippen LogP contribution in [0.3, 0.4) is 0 Å². The zero-order valence-electron chi connectivity index (χ0n) is 15.3. The standard InChI is InChI=1S/C20H19FN6O/c1-14(27-13-22-12-25-27)10-24-19(28)11-26-18(15-4-6-17(21)7-5-15)9-16-3-2-8-23-20(16)26/h2-9,12-14H,10-11H2,1H3,(H,24,28). The van der Waals surface area contributed by atoms with E-state index in [0.29, 0.717) is 12.2 Å². The van der Waals surface area contributed by atoms with E-state index in [4.69, 9.17) is 0 Å². The predicted molar refractivity (Wildman–Crippen MR) is 103 cm³/mol. The van der Waals surface area contributed by atoms with Gasteiger partial charge in [0.25, 0.3) is 0 Å². The topological polar surface area (TPSA) is 77.6 Å². The number of nitrogens with zero attached hydrogens (tertiary/aromatic N) is 5. The summed E-state index contributed by atoms with van der Waals surface area (Å²) in [5, 5.41) is 7.93. The first kappa shape index (κ1) is 17.8. The van der Waals surface area contributed by atoms with E-state index >= 15 is 0 Å². The molecule has 0 aliphatic heterocycles. The number of fused-ring (bicyclic) bond motifs is 1. The molecule has 0 aliphatic carbocycles. The number of hydrogen-bond acceptors (Lipinski definition) is 4. The molecule has 0 radical (unpaired) electrons. The van der Waals surface area contributed by atoms with E-state index in [2.05, 4.69) is 20.4 Å². The number of nitrogens with one attached hydrogen (secondary N) is 1. The first-order chi connectivity index (χ1) is 13.6. The molecule has 3 heterocycles. The number of hydrogen-bond donors (Lipinski definition) is 1. The van der Waals surface area contributed by atoms with Crippen molar-refractivity contribution in [3.05, 3.63) is 67.1 Å². The van der Waals surface area contributed by atoms with Gasteiger partial charge in [-0.1, -0.05) is 0 Å². The van der Waals surface area contributed by atoms with Crippen LogP contribution in [0, 0.1) is 5.82 Å². The molecule has 8 heteroatoms. The number of carbonyl (C=O) groups excluding carboxylic acids is 1. The average Bonchev–Trinajstić information content (AvgIpc) is 3.36. The summed E-state index contributed by atoms with van der Waals surface area (Å²) in [7, 11) is 0. The van der Waals surface area contributed by atoms with Crippen LogP contribution in [-0.4, -0.2) is 36.8 Å². The van der Waals surface area contributed by atoms with E-state index in [1.807, 2.05) is 29.7 Å². The van der Waals surface area contributed by atoms with Gasteiger partial charge in [0.15, 0.2) is 0 Å². The third kappa shape index (κ3) is 3.62. The Hall–Kier alpha value is -3.55. The van der Waals surface area contributed by atoms with E-state index in [9.17, 15) is 9.18 Å². The molecule has 0 spiro atoms. The van der Waals surface area contributed by atoms with Gasteiger partial charge in [-0.05, 0) is 55.0 Å². The fourth-order valence-electron chi connectivity index (χ4n) is 3.11. The van der Waals surface area contributed by atoms with Gasteiger partial charge in [0, 0.05) is 18.1 Å². The predicted octanol–water partition coefficient (Wildman–Crippen LogP) is 2.81. The number of carbonyl (C=O) groups is 1. The minimum absolute atomic E-state index is 0.0115. The maximum absolute atomic E-state index is 13.3. The van der Waals surface area contributed by atoms with E-state index in [1.165, 1.54) is 18.5 Å². The number of benzene rings is 1. The molecule has 1 N–H and O–H groups in total. The molecule has 1 amide bonds. The summed E-state index contributed by atoms with van der Waals surface area (Å²) in [6.45, 7) is 2.49. The maximum atomic E-state index is 13.3. The van der Waals surface area contributed by atoms with Crippen LogP contribution in [0.5, 0.6) is 0 Å². The highest BCUT2D eigenvalue weighted by atomic mass is 19.1. The van der Waals surface area contributed by atoms with Crippen LogP contribution in [0.4, 0.5) is 4.39 Å². The second-order valence-corrected chi connectivity index (χ2v) is 6.57. The van der Waals surface area contributed by atoms with E-state index in [1.54, 1.807) is 29.3 Å². The van der Waals surface area contributed by atoms with Crippen molar-refractivity contribution in [3.8, 4) is 11.3 Å². The van der Waals surface area contributed by atoms with Crippen molar-refractivity contribution in [1.82, 2.24) is 29.6 Å². The van der Waals surface area contributed by atoms with Gasteiger partial charge >= 0.3 is 0 Å². The quantitative estimate of drug-likeness (QED) is 0.560. The molecule has 0 saturated heterocycles.